The quantitative estimate of drug-likeness (QED) is 0.279. The van der Waals surface area contributed by atoms with E-state index in [4.69, 9.17) is 4.98 Å². The summed E-state index contributed by atoms with van der Waals surface area (Å²) in [6.45, 7) is 0.885. The van der Waals surface area contributed by atoms with Crippen molar-refractivity contribution < 1.29 is 0 Å². The molecular formula is C30H26N2. The van der Waals surface area contributed by atoms with E-state index >= 15 is 0 Å². The smallest absolute Gasteiger partial charge is 0.114 e. The third-order valence-corrected chi connectivity index (χ3v) is 5.81. The van der Waals surface area contributed by atoms with Crippen LogP contribution in [0.15, 0.2) is 121 Å². The van der Waals surface area contributed by atoms with Gasteiger partial charge < -0.3 is 4.57 Å². The molecule has 0 aliphatic heterocycles. The minimum Gasteiger partial charge on any atom is -0.327 e. The van der Waals surface area contributed by atoms with E-state index in [1.165, 1.54) is 22.4 Å². The second-order valence-electron chi connectivity index (χ2n) is 8.01. The normalized spacial score (nSPS) is 10.9. The van der Waals surface area contributed by atoms with Gasteiger partial charge in [0.15, 0.2) is 0 Å². The van der Waals surface area contributed by atoms with Gasteiger partial charge in [-0.25, -0.2) is 4.98 Å². The Morgan fingerprint density at radius 3 is 1.62 bits per heavy atom. The van der Waals surface area contributed by atoms with Crippen LogP contribution in [0.4, 0.5) is 0 Å². The molecule has 0 radical (unpaired) electrons. The highest BCUT2D eigenvalue weighted by molar-refractivity contribution is 5.79. The van der Waals surface area contributed by atoms with E-state index in [-0.39, 0.29) is 0 Å². The third kappa shape index (κ3) is 4.40. The van der Waals surface area contributed by atoms with Crippen molar-refractivity contribution in [2.24, 2.45) is 0 Å². The largest absolute Gasteiger partial charge is 0.327 e. The fourth-order valence-electron chi connectivity index (χ4n) is 4.22. The Morgan fingerprint density at radius 1 is 0.531 bits per heavy atom. The highest BCUT2D eigenvalue weighted by Crippen LogP contribution is 2.33. The van der Waals surface area contributed by atoms with Crippen LogP contribution in [0, 0.1) is 0 Å². The molecule has 2 nitrogen and oxygen atoms in total. The predicted molar refractivity (Wildman–Crippen MR) is 132 cm³/mol. The van der Waals surface area contributed by atoms with Crippen molar-refractivity contribution in [1.82, 2.24) is 9.55 Å². The van der Waals surface area contributed by atoms with Gasteiger partial charge in [-0.1, -0.05) is 121 Å². The Balaban J connectivity index is 1.65. The molecule has 1 heterocycles. The summed E-state index contributed by atoms with van der Waals surface area (Å²) in [5.41, 5.74) is 7.21. The van der Waals surface area contributed by atoms with Crippen molar-refractivity contribution in [1.29, 1.82) is 0 Å². The first kappa shape index (κ1) is 20.0. The molecule has 0 aliphatic carbocycles. The molecule has 32 heavy (non-hydrogen) atoms. The monoisotopic (exact) mass is 414 g/mol. The number of hydrogen-bond donors (Lipinski definition) is 0. The number of nitrogens with zero attached hydrogens (tertiary/aromatic N) is 2. The highest BCUT2D eigenvalue weighted by Gasteiger charge is 2.20. The summed E-state index contributed by atoms with van der Waals surface area (Å²) in [4.78, 5) is 5.23. The van der Waals surface area contributed by atoms with Gasteiger partial charge in [0.2, 0.25) is 0 Å². The number of aromatic nitrogens is 2. The van der Waals surface area contributed by atoms with Crippen molar-refractivity contribution in [3.8, 4) is 22.5 Å². The molecule has 1 aromatic heterocycles. The van der Waals surface area contributed by atoms with Gasteiger partial charge in [0.1, 0.15) is 5.82 Å². The number of aryl methyl sites for hydroxylation is 1. The first-order valence-corrected chi connectivity index (χ1v) is 11.2. The highest BCUT2D eigenvalue weighted by atomic mass is 15.1. The molecular weight excluding hydrogens is 388 g/mol. The SMILES string of the molecule is c1ccc(CCn2c(Cc3ccccc3)nc(-c3ccccc3)c2-c2ccccc2)cc1. The maximum absolute atomic E-state index is 5.23. The lowest BCUT2D eigenvalue weighted by molar-refractivity contribution is 0.666. The van der Waals surface area contributed by atoms with Gasteiger partial charge in [-0.15, -0.1) is 0 Å². The van der Waals surface area contributed by atoms with Crippen molar-refractivity contribution in [3.05, 3.63) is 138 Å². The molecule has 2 heteroatoms. The fraction of sp³-hybridized carbons (Fsp3) is 0.100. The van der Waals surface area contributed by atoms with Crippen LogP contribution in [-0.2, 0) is 19.4 Å². The van der Waals surface area contributed by atoms with Crippen LogP contribution >= 0.6 is 0 Å². The second kappa shape index (κ2) is 9.49. The summed E-state index contributed by atoms with van der Waals surface area (Å²) in [5, 5.41) is 0. The van der Waals surface area contributed by atoms with Crippen molar-refractivity contribution in [2.45, 2.75) is 19.4 Å². The summed E-state index contributed by atoms with van der Waals surface area (Å²) >= 11 is 0. The molecule has 156 valence electrons. The first-order valence-electron chi connectivity index (χ1n) is 11.2. The summed E-state index contributed by atoms with van der Waals surface area (Å²) < 4.78 is 2.43. The van der Waals surface area contributed by atoms with E-state index in [1.54, 1.807) is 0 Å². The first-order chi connectivity index (χ1) is 15.9. The van der Waals surface area contributed by atoms with Crippen molar-refractivity contribution >= 4 is 0 Å². The van der Waals surface area contributed by atoms with Gasteiger partial charge in [-0.05, 0) is 17.5 Å². The van der Waals surface area contributed by atoms with Gasteiger partial charge in [0.05, 0.1) is 11.4 Å². The molecule has 0 unspecified atom stereocenters. The molecule has 0 aliphatic rings. The molecule has 0 spiro atoms. The minimum absolute atomic E-state index is 0.808. The predicted octanol–water partition coefficient (Wildman–Crippen LogP) is 7.05. The zero-order valence-electron chi connectivity index (χ0n) is 18.1. The van der Waals surface area contributed by atoms with Crippen LogP contribution < -0.4 is 0 Å². The molecule has 0 saturated carbocycles. The number of benzene rings is 4. The van der Waals surface area contributed by atoms with Crippen molar-refractivity contribution in [3.63, 3.8) is 0 Å². The van der Waals surface area contributed by atoms with Crippen LogP contribution in [0.1, 0.15) is 17.0 Å². The number of imidazole rings is 1. The zero-order chi connectivity index (χ0) is 21.6. The zero-order valence-corrected chi connectivity index (χ0v) is 18.1. The lowest BCUT2D eigenvalue weighted by atomic mass is 10.0. The van der Waals surface area contributed by atoms with Gasteiger partial charge >= 0.3 is 0 Å². The Morgan fingerprint density at radius 2 is 1.03 bits per heavy atom. The summed E-state index contributed by atoms with van der Waals surface area (Å²) in [6, 6.07) is 42.5. The maximum atomic E-state index is 5.23. The summed E-state index contributed by atoms with van der Waals surface area (Å²) in [7, 11) is 0. The molecule has 5 aromatic rings. The Bertz CT molecular complexity index is 1260. The van der Waals surface area contributed by atoms with E-state index in [2.05, 4.69) is 126 Å². The van der Waals surface area contributed by atoms with E-state index in [0.29, 0.717) is 0 Å². The average molecular weight is 415 g/mol. The van der Waals surface area contributed by atoms with Gasteiger partial charge in [-0.2, -0.15) is 0 Å². The molecule has 0 bridgehead atoms. The van der Waals surface area contributed by atoms with Gasteiger partial charge in [0, 0.05) is 24.1 Å². The third-order valence-electron chi connectivity index (χ3n) is 5.81. The Kier molecular flexibility index (Phi) is 5.93. The summed E-state index contributed by atoms with van der Waals surface area (Å²) in [6.07, 6.45) is 1.77. The molecule has 0 fully saturated rings. The Labute approximate surface area is 189 Å². The van der Waals surface area contributed by atoms with Crippen LogP contribution in [0.25, 0.3) is 22.5 Å². The van der Waals surface area contributed by atoms with E-state index < -0.39 is 0 Å². The van der Waals surface area contributed by atoms with E-state index in [0.717, 1.165) is 36.5 Å². The standard InChI is InChI=1S/C30H26N2/c1-5-13-24(14-6-1)21-22-32-28(23-25-15-7-2-8-16-25)31-29(26-17-9-3-10-18-26)30(32)27-19-11-4-12-20-27/h1-20H,21-23H2. The Hall–Kier alpha value is -3.91. The lowest BCUT2D eigenvalue weighted by Crippen LogP contribution is -2.08. The molecule has 0 atom stereocenters. The number of rotatable bonds is 7. The number of hydrogen-bond acceptors (Lipinski definition) is 1. The van der Waals surface area contributed by atoms with Crippen LogP contribution in [0.3, 0.4) is 0 Å². The lowest BCUT2D eigenvalue weighted by Gasteiger charge is -2.14. The van der Waals surface area contributed by atoms with Crippen LogP contribution in [0.5, 0.6) is 0 Å². The topological polar surface area (TPSA) is 17.8 Å². The molecule has 0 N–H and O–H groups in total. The van der Waals surface area contributed by atoms with Crippen LogP contribution in [-0.4, -0.2) is 9.55 Å². The second-order valence-corrected chi connectivity index (χ2v) is 8.01. The van der Waals surface area contributed by atoms with Gasteiger partial charge in [-0.3, -0.25) is 0 Å². The minimum atomic E-state index is 0.808. The van der Waals surface area contributed by atoms with Crippen molar-refractivity contribution in [2.75, 3.05) is 0 Å². The molecule has 0 saturated heterocycles. The average Bonchev–Trinajstić information content (AvgIpc) is 3.23. The van der Waals surface area contributed by atoms with E-state index in [1.807, 2.05) is 0 Å². The molecule has 4 aromatic carbocycles. The van der Waals surface area contributed by atoms with Crippen LogP contribution in [0.2, 0.25) is 0 Å². The maximum Gasteiger partial charge on any atom is 0.114 e. The van der Waals surface area contributed by atoms with Gasteiger partial charge in [0.25, 0.3) is 0 Å². The molecule has 5 rings (SSSR count). The summed E-state index contributed by atoms with van der Waals surface area (Å²) in [5.74, 6) is 1.10. The molecule has 0 amide bonds. The van der Waals surface area contributed by atoms with E-state index in [9.17, 15) is 0 Å². The fourth-order valence-corrected chi connectivity index (χ4v) is 4.22.